The zero-order valence-corrected chi connectivity index (χ0v) is 7.29. The third-order valence-electron chi connectivity index (χ3n) is 1.89. The van der Waals surface area contributed by atoms with Crippen LogP contribution in [-0.2, 0) is 12.8 Å². The number of hydrogen-bond donors (Lipinski definition) is 1. The van der Waals surface area contributed by atoms with Gasteiger partial charge in [-0.2, -0.15) is 0 Å². The first kappa shape index (κ1) is 9.27. The molecule has 0 bridgehead atoms. The lowest BCUT2D eigenvalue weighted by atomic mass is 10.1. The molecule has 0 spiro atoms. The summed E-state index contributed by atoms with van der Waals surface area (Å²) in [6.45, 7) is 4.03. The minimum atomic E-state index is 0.231. The monoisotopic (exact) mass is 163 g/mol. The molecule has 0 amide bonds. The molecule has 12 heavy (non-hydrogen) atoms. The third kappa shape index (κ3) is 2.67. The van der Waals surface area contributed by atoms with Crippen LogP contribution < -0.4 is 0 Å². The van der Waals surface area contributed by atoms with Gasteiger partial charge in [0, 0.05) is 6.61 Å². The summed E-state index contributed by atoms with van der Waals surface area (Å²) in [4.78, 5) is 0. The number of benzene rings is 1. The Morgan fingerprint density at radius 2 is 1.50 bits per heavy atom. The molecule has 0 aliphatic rings. The van der Waals surface area contributed by atoms with Gasteiger partial charge in [0.1, 0.15) is 0 Å². The van der Waals surface area contributed by atoms with Crippen molar-refractivity contribution in [3.05, 3.63) is 42.3 Å². The molecule has 0 aliphatic carbocycles. The van der Waals surface area contributed by atoms with E-state index in [-0.39, 0.29) is 6.61 Å². The van der Waals surface area contributed by atoms with Gasteiger partial charge < -0.3 is 5.11 Å². The molecular weight excluding hydrogens is 148 g/mol. The van der Waals surface area contributed by atoms with Crippen LogP contribution in [0.4, 0.5) is 0 Å². The molecule has 1 N–H and O–H groups in total. The van der Waals surface area contributed by atoms with Crippen molar-refractivity contribution in [2.75, 3.05) is 6.61 Å². The summed E-state index contributed by atoms with van der Waals surface area (Å²) in [5, 5.41) is 8.68. The lowest BCUT2D eigenvalue weighted by Crippen LogP contribution is -1.91. The Morgan fingerprint density at radius 1 is 1.00 bits per heavy atom. The van der Waals surface area contributed by atoms with Crippen molar-refractivity contribution in [3.63, 3.8) is 0 Å². The van der Waals surface area contributed by atoms with Crippen LogP contribution in [0.5, 0.6) is 0 Å². The predicted octanol–water partition coefficient (Wildman–Crippen LogP) is 1.99. The first-order chi connectivity index (χ1) is 5.86. The summed E-state index contributed by atoms with van der Waals surface area (Å²) >= 11 is 0. The van der Waals surface area contributed by atoms with Crippen molar-refractivity contribution in [1.29, 1.82) is 0 Å². The number of rotatable bonds is 4. The highest BCUT2D eigenvalue weighted by Gasteiger charge is 1.92. The number of aliphatic hydroxyl groups is 1. The fraction of sp³-hybridized carbons (Fsp3) is 0.364. The van der Waals surface area contributed by atoms with Gasteiger partial charge in [0.2, 0.25) is 0 Å². The second-order valence-electron chi connectivity index (χ2n) is 2.89. The van der Waals surface area contributed by atoms with Crippen molar-refractivity contribution in [1.82, 2.24) is 0 Å². The average Bonchev–Trinajstić information content (AvgIpc) is 2.09. The zero-order chi connectivity index (χ0) is 8.81. The molecule has 1 aromatic rings. The zero-order valence-electron chi connectivity index (χ0n) is 7.29. The lowest BCUT2D eigenvalue weighted by molar-refractivity contribution is 0.299. The minimum absolute atomic E-state index is 0.231. The van der Waals surface area contributed by atoms with Crippen LogP contribution in [0, 0.1) is 6.92 Å². The van der Waals surface area contributed by atoms with Gasteiger partial charge in [0.05, 0.1) is 0 Å². The van der Waals surface area contributed by atoms with Crippen molar-refractivity contribution >= 4 is 0 Å². The van der Waals surface area contributed by atoms with E-state index in [1.165, 1.54) is 11.1 Å². The highest BCUT2D eigenvalue weighted by molar-refractivity contribution is 5.22. The topological polar surface area (TPSA) is 20.2 Å². The molecule has 0 fully saturated rings. The van der Waals surface area contributed by atoms with E-state index in [2.05, 4.69) is 31.2 Å². The van der Waals surface area contributed by atoms with E-state index in [9.17, 15) is 0 Å². The van der Waals surface area contributed by atoms with Crippen molar-refractivity contribution < 1.29 is 5.11 Å². The molecule has 65 valence electrons. The smallest absolute Gasteiger partial charge is 0.0471 e. The van der Waals surface area contributed by atoms with Gasteiger partial charge in [0.15, 0.2) is 0 Å². The highest BCUT2D eigenvalue weighted by atomic mass is 16.2. The summed E-state index contributed by atoms with van der Waals surface area (Å²) in [6, 6.07) is 8.36. The maximum Gasteiger partial charge on any atom is 0.0471 e. The number of aliphatic hydroxyl groups excluding tert-OH is 1. The minimum Gasteiger partial charge on any atom is -0.396 e. The van der Waals surface area contributed by atoms with Crippen LogP contribution in [0.2, 0.25) is 0 Å². The fourth-order valence-corrected chi connectivity index (χ4v) is 1.21. The maximum atomic E-state index is 8.68. The van der Waals surface area contributed by atoms with Gasteiger partial charge in [-0.25, -0.2) is 0 Å². The number of hydrogen-bond acceptors (Lipinski definition) is 1. The SMILES string of the molecule is [CH2]CCc1ccc(CCO)cc1. The molecule has 1 nitrogen and oxygen atoms in total. The summed E-state index contributed by atoms with van der Waals surface area (Å²) in [5.74, 6) is 0. The molecule has 1 radical (unpaired) electrons. The number of aryl methyl sites for hydroxylation is 1. The summed E-state index contributed by atoms with van der Waals surface area (Å²) < 4.78 is 0. The molecule has 0 saturated carbocycles. The van der Waals surface area contributed by atoms with E-state index in [1.807, 2.05) is 0 Å². The van der Waals surface area contributed by atoms with Gasteiger partial charge in [0.25, 0.3) is 0 Å². The molecule has 0 aromatic heterocycles. The normalized spacial score (nSPS) is 10.2. The van der Waals surface area contributed by atoms with Gasteiger partial charge in [-0.3, -0.25) is 0 Å². The molecule has 1 heteroatoms. The van der Waals surface area contributed by atoms with Crippen LogP contribution >= 0.6 is 0 Å². The van der Waals surface area contributed by atoms with Crippen LogP contribution in [0.25, 0.3) is 0 Å². The lowest BCUT2D eigenvalue weighted by Gasteiger charge is -2.00. The van der Waals surface area contributed by atoms with E-state index in [4.69, 9.17) is 5.11 Å². The van der Waals surface area contributed by atoms with Crippen molar-refractivity contribution in [3.8, 4) is 0 Å². The molecule has 0 heterocycles. The van der Waals surface area contributed by atoms with E-state index >= 15 is 0 Å². The van der Waals surface area contributed by atoms with Crippen LogP contribution in [0.1, 0.15) is 17.5 Å². The Hall–Kier alpha value is -0.820. The molecule has 1 rings (SSSR count). The fourth-order valence-electron chi connectivity index (χ4n) is 1.21. The Balaban J connectivity index is 2.58. The quantitative estimate of drug-likeness (QED) is 0.719. The first-order valence-electron chi connectivity index (χ1n) is 4.34. The Kier molecular flexibility index (Phi) is 3.81. The third-order valence-corrected chi connectivity index (χ3v) is 1.89. The van der Waals surface area contributed by atoms with E-state index in [0.29, 0.717) is 0 Å². The van der Waals surface area contributed by atoms with Gasteiger partial charge in [-0.1, -0.05) is 31.2 Å². The summed E-state index contributed by atoms with van der Waals surface area (Å²) in [6.07, 6.45) is 2.74. The average molecular weight is 163 g/mol. The van der Waals surface area contributed by atoms with Crippen LogP contribution in [0.3, 0.4) is 0 Å². The van der Waals surface area contributed by atoms with Crippen LogP contribution in [-0.4, -0.2) is 11.7 Å². The van der Waals surface area contributed by atoms with E-state index < -0.39 is 0 Å². The molecule has 0 unspecified atom stereocenters. The largest absolute Gasteiger partial charge is 0.396 e. The Morgan fingerprint density at radius 3 is 1.92 bits per heavy atom. The summed E-state index contributed by atoms with van der Waals surface area (Å²) in [7, 11) is 0. The van der Waals surface area contributed by atoms with E-state index in [0.717, 1.165) is 19.3 Å². The molecule has 1 aromatic carbocycles. The molecule has 0 atom stereocenters. The molecule has 0 saturated heterocycles. The molecule has 0 aliphatic heterocycles. The highest BCUT2D eigenvalue weighted by Crippen LogP contribution is 2.06. The van der Waals surface area contributed by atoms with Crippen molar-refractivity contribution in [2.24, 2.45) is 0 Å². The van der Waals surface area contributed by atoms with E-state index in [1.54, 1.807) is 0 Å². The van der Waals surface area contributed by atoms with Gasteiger partial charge in [-0.15, -0.1) is 0 Å². The first-order valence-corrected chi connectivity index (χ1v) is 4.34. The van der Waals surface area contributed by atoms with Gasteiger partial charge >= 0.3 is 0 Å². The second-order valence-corrected chi connectivity index (χ2v) is 2.89. The maximum absolute atomic E-state index is 8.68. The Bertz CT molecular complexity index is 188. The van der Waals surface area contributed by atoms with Gasteiger partial charge in [-0.05, 0) is 30.4 Å². The standard InChI is InChI=1S/C11H15O/c1-2-3-10-4-6-11(7-5-10)8-9-12/h4-7,12H,1-3,8-9H2. The van der Waals surface area contributed by atoms with Crippen LogP contribution in [0.15, 0.2) is 24.3 Å². The molecular formula is C11H15O. The van der Waals surface area contributed by atoms with Crippen molar-refractivity contribution in [2.45, 2.75) is 19.3 Å². The summed E-state index contributed by atoms with van der Waals surface area (Å²) in [5.41, 5.74) is 2.53. The second kappa shape index (κ2) is 4.94. The predicted molar refractivity (Wildman–Crippen MR) is 50.9 cm³/mol. The Labute approximate surface area is 74.1 Å².